The van der Waals surface area contributed by atoms with E-state index in [1.165, 1.54) is 10.4 Å². The molecule has 1 N–H and O–H groups in total. The predicted octanol–water partition coefficient (Wildman–Crippen LogP) is 3.69. The summed E-state index contributed by atoms with van der Waals surface area (Å²) in [4.78, 5) is 31.0. The van der Waals surface area contributed by atoms with Crippen LogP contribution in [0.1, 0.15) is 29.4 Å². The fourth-order valence-corrected chi connectivity index (χ4v) is 4.68. The van der Waals surface area contributed by atoms with Crippen LogP contribution in [0.25, 0.3) is 10.4 Å². The van der Waals surface area contributed by atoms with Crippen LogP contribution < -0.4 is 0 Å². The molecule has 4 rings (SSSR count). The quantitative estimate of drug-likeness (QED) is 0.659. The monoisotopic (exact) mass is 422 g/mol. The molecule has 3 heterocycles. The van der Waals surface area contributed by atoms with Crippen LogP contribution in [0.4, 0.5) is 0 Å². The lowest BCUT2D eigenvalue weighted by Gasteiger charge is -2.23. The Kier molecular flexibility index (Phi) is 6.28. The highest BCUT2D eigenvalue weighted by Crippen LogP contribution is 2.26. The molecular weight excluding hydrogens is 396 g/mol. The number of carbonyl (C=O) groups is 2. The Morgan fingerprint density at radius 1 is 1.20 bits per heavy atom. The first-order chi connectivity index (χ1) is 14.7. The summed E-state index contributed by atoms with van der Waals surface area (Å²) >= 11 is 1.72. The van der Waals surface area contributed by atoms with Gasteiger partial charge < -0.3 is 9.80 Å². The number of hydrogen-bond acceptors (Lipinski definition) is 4. The maximum absolute atomic E-state index is 13.2. The molecule has 2 aromatic heterocycles. The standard InChI is InChI=1S/C23H26N4O2S/c1-2-11-26-12-13-27(23(29)20-9-10-24-25-20)16-19(22(26)28)15-17-5-7-18(8-6-17)21-4-3-14-30-21/h3-10,14,19H,2,11-13,15-16H2,1H3,(H,24,25)/t19-/m1/s1. The molecule has 0 aliphatic carbocycles. The third kappa shape index (κ3) is 4.46. The van der Waals surface area contributed by atoms with Gasteiger partial charge in [0.25, 0.3) is 5.91 Å². The van der Waals surface area contributed by atoms with Crippen LogP contribution in [0.5, 0.6) is 0 Å². The Hall–Kier alpha value is -2.93. The molecular formula is C23H26N4O2S. The van der Waals surface area contributed by atoms with Crippen molar-refractivity contribution in [2.45, 2.75) is 19.8 Å². The zero-order valence-corrected chi connectivity index (χ0v) is 17.9. The Balaban J connectivity index is 1.53. The van der Waals surface area contributed by atoms with Gasteiger partial charge in [0.15, 0.2) is 0 Å². The van der Waals surface area contributed by atoms with Crippen LogP contribution in [0.3, 0.4) is 0 Å². The van der Waals surface area contributed by atoms with Crippen molar-refractivity contribution in [1.82, 2.24) is 20.0 Å². The van der Waals surface area contributed by atoms with E-state index >= 15 is 0 Å². The van der Waals surface area contributed by atoms with Crippen molar-refractivity contribution < 1.29 is 9.59 Å². The molecule has 6 nitrogen and oxygen atoms in total. The van der Waals surface area contributed by atoms with E-state index in [1.54, 1.807) is 28.5 Å². The fraction of sp³-hybridized carbons (Fsp3) is 0.348. The van der Waals surface area contributed by atoms with Crippen LogP contribution in [0, 0.1) is 5.92 Å². The molecule has 0 spiro atoms. The van der Waals surface area contributed by atoms with Gasteiger partial charge >= 0.3 is 0 Å². The molecule has 0 bridgehead atoms. The van der Waals surface area contributed by atoms with Crippen molar-refractivity contribution in [3.63, 3.8) is 0 Å². The number of benzene rings is 1. The lowest BCUT2D eigenvalue weighted by Crippen LogP contribution is -2.38. The average molecular weight is 423 g/mol. The minimum atomic E-state index is -0.251. The van der Waals surface area contributed by atoms with Crippen LogP contribution in [-0.2, 0) is 11.2 Å². The van der Waals surface area contributed by atoms with Gasteiger partial charge in [0.2, 0.25) is 5.91 Å². The van der Waals surface area contributed by atoms with E-state index in [0.717, 1.165) is 18.5 Å². The first kappa shape index (κ1) is 20.3. The number of amides is 2. The topological polar surface area (TPSA) is 69.3 Å². The fourth-order valence-electron chi connectivity index (χ4n) is 3.95. The first-order valence-corrected chi connectivity index (χ1v) is 11.2. The van der Waals surface area contributed by atoms with E-state index in [0.29, 0.717) is 31.7 Å². The van der Waals surface area contributed by atoms with Gasteiger partial charge in [0.1, 0.15) is 5.69 Å². The molecule has 30 heavy (non-hydrogen) atoms. The highest BCUT2D eigenvalue weighted by molar-refractivity contribution is 7.13. The Morgan fingerprint density at radius 3 is 2.70 bits per heavy atom. The number of H-pyrrole nitrogens is 1. The maximum Gasteiger partial charge on any atom is 0.271 e. The zero-order valence-electron chi connectivity index (χ0n) is 17.1. The summed E-state index contributed by atoms with van der Waals surface area (Å²) in [6, 6.07) is 14.2. The van der Waals surface area contributed by atoms with E-state index < -0.39 is 0 Å². The summed E-state index contributed by atoms with van der Waals surface area (Å²) in [5, 5.41) is 8.71. The lowest BCUT2D eigenvalue weighted by atomic mass is 9.96. The first-order valence-electron chi connectivity index (χ1n) is 10.4. The zero-order chi connectivity index (χ0) is 20.9. The van der Waals surface area contributed by atoms with Gasteiger partial charge in [-0.3, -0.25) is 14.7 Å². The second-order valence-electron chi connectivity index (χ2n) is 7.62. The van der Waals surface area contributed by atoms with Crippen molar-refractivity contribution in [2.24, 2.45) is 5.92 Å². The number of nitrogens with one attached hydrogen (secondary N) is 1. The molecule has 1 aliphatic heterocycles. The number of carbonyl (C=O) groups excluding carboxylic acids is 2. The summed E-state index contributed by atoms with van der Waals surface area (Å²) in [6.45, 7) is 4.32. The van der Waals surface area contributed by atoms with E-state index in [1.807, 2.05) is 11.0 Å². The van der Waals surface area contributed by atoms with Crippen molar-refractivity contribution in [1.29, 1.82) is 0 Å². The third-order valence-electron chi connectivity index (χ3n) is 5.50. The third-order valence-corrected chi connectivity index (χ3v) is 6.41. The number of aromatic nitrogens is 2. The minimum Gasteiger partial charge on any atom is -0.341 e. The number of nitrogens with zero attached hydrogens (tertiary/aromatic N) is 3. The second-order valence-corrected chi connectivity index (χ2v) is 8.57. The van der Waals surface area contributed by atoms with Crippen molar-refractivity contribution in [3.05, 3.63) is 65.3 Å². The molecule has 3 aromatic rings. The summed E-state index contributed by atoms with van der Waals surface area (Å²) in [5.74, 6) is -0.214. The van der Waals surface area contributed by atoms with Gasteiger partial charge in [0.05, 0.1) is 5.92 Å². The highest BCUT2D eigenvalue weighted by Gasteiger charge is 2.32. The van der Waals surface area contributed by atoms with Crippen LogP contribution in [0.15, 0.2) is 54.0 Å². The molecule has 1 fully saturated rings. The van der Waals surface area contributed by atoms with Crippen LogP contribution in [-0.4, -0.2) is 58.0 Å². The lowest BCUT2D eigenvalue weighted by molar-refractivity contribution is -0.134. The summed E-state index contributed by atoms with van der Waals surface area (Å²) < 4.78 is 0. The van der Waals surface area contributed by atoms with Crippen molar-refractivity contribution >= 4 is 23.2 Å². The highest BCUT2D eigenvalue weighted by atomic mass is 32.1. The van der Waals surface area contributed by atoms with Gasteiger partial charge in [-0.25, -0.2) is 0 Å². The Bertz CT molecular complexity index is 967. The number of aromatic amines is 1. The van der Waals surface area contributed by atoms with Gasteiger partial charge in [-0.15, -0.1) is 11.3 Å². The molecule has 7 heteroatoms. The van der Waals surface area contributed by atoms with Gasteiger partial charge in [-0.05, 0) is 41.5 Å². The van der Waals surface area contributed by atoms with Crippen molar-refractivity contribution in [2.75, 3.05) is 26.2 Å². The number of hydrogen-bond donors (Lipinski definition) is 1. The van der Waals surface area contributed by atoms with E-state index in [-0.39, 0.29) is 17.7 Å². The van der Waals surface area contributed by atoms with E-state index in [4.69, 9.17) is 0 Å². The van der Waals surface area contributed by atoms with Crippen molar-refractivity contribution in [3.8, 4) is 10.4 Å². The summed E-state index contributed by atoms with van der Waals surface area (Å²) in [7, 11) is 0. The smallest absolute Gasteiger partial charge is 0.271 e. The summed E-state index contributed by atoms with van der Waals surface area (Å²) in [6.07, 6.45) is 3.10. The normalized spacial score (nSPS) is 17.2. The van der Waals surface area contributed by atoms with Crippen LogP contribution >= 0.6 is 11.3 Å². The predicted molar refractivity (Wildman–Crippen MR) is 118 cm³/mol. The molecule has 156 valence electrons. The molecule has 1 atom stereocenters. The molecule has 2 amide bonds. The Morgan fingerprint density at radius 2 is 2.03 bits per heavy atom. The summed E-state index contributed by atoms with van der Waals surface area (Å²) in [5.41, 5.74) is 2.76. The average Bonchev–Trinajstić information content (AvgIpc) is 3.46. The van der Waals surface area contributed by atoms with E-state index in [2.05, 4.69) is 52.8 Å². The molecule has 1 aromatic carbocycles. The maximum atomic E-state index is 13.2. The minimum absolute atomic E-state index is 0.100. The van der Waals surface area contributed by atoms with Gasteiger partial charge in [0, 0.05) is 37.3 Å². The van der Waals surface area contributed by atoms with Crippen LogP contribution in [0.2, 0.25) is 0 Å². The SMILES string of the molecule is CCCN1CCN(C(=O)c2ccn[nH]2)C[C@@H](Cc2ccc(-c3cccs3)cc2)C1=O. The molecule has 0 radical (unpaired) electrons. The van der Waals surface area contributed by atoms with Gasteiger partial charge in [-0.2, -0.15) is 5.10 Å². The molecule has 1 saturated heterocycles. The largest absolute Gasteiger partial charge is 0.341 e. The number of rotatable bonds is 6. The molecule has 1 aliphatic rings. The second kappa shape index (κ2) is 9.26. The molecule has 0 saturated carbocycles. The molecule has 0 unspecified atom stereocenters. The number of thiophene rings is 1. The van der Waals surface area contributed by atoms with E-state index in [9.17, 15) is 9.59 Å². The van der Waals surface area contributed by atoms with Gasteiger partial charge in [-0.1, -0.05) is 37.3 Å². The Labute approximate surface area is 180 Å².